The predicted octanol–water partition coefficient (Wildman–Crippen LogP) is 2.78. The third kappa shape index (κ3) is 1.70. The molecule has 0 spiro atoms. The van der Waals surface area contributed by atoms with Gasteiger partial charge in [0.2, 0.25) is 0 Å². The van der Waals surface area contributed by atoms with Crippen molar-refractivity contribution < 1.29 is 0 Å². The smallest absolute Gasteiger partial charge is 0.178 e. The molecule has 3 rings (SSSR count). The van der Waals surface area contributed by atoms with Gasteiger partial charge in [-0.2, -0.15) is 0 Å². The van der Waals surface area contributed by atoms with E-state index in [2.05, 4.69) is 34.9 Å². The minimum atomic E-state index is 0.883. The molecule has 16 heavy (non-hydrogen) atoms. The first-order valence-electron chi connectivity index (χ1n) is 6.11. The number of aryl methyl sites for hydroxylation is 2. The number of aromatic amines is 1. The average molecular weight is 215 g/mol. The quantitative estimate of drug-likeness (QED) is 0.855. The van der Waals surface area contributed by atoms with Gasteiger partial charge in [-0.25, -0.2) is 9.97 Å². The zero-order chi connectivity index (χ0) is 11.1. The minimum Gasteiger partial charge on any atom is -0.340 e. The van der Waals surface area contributed by atoms with Gasteiger partial charge in [0.25, 0.3) is 0 Å². The minimum absolute atomic E-state index is 0.883. The molecule has 1 saturated carbocycles. The maximum Gasteiger partial charge on any atom is 0.178 e. The molecule has 0 radical (unpaired) electrons. The molecule has 2 heterocycles. The summed E-state index contributed by atoms with van der Waals surface area (Å²) >= 11 is 0. The molecular weight excluding hydrogens is 198 g/mol. The summed E-state index contributed by atoms with van der Waals surface area (Å²) < 4.78 is 0. The molecule has 0 unspecified atom stereocenters. The van der Waals surface area contributed by atoms with E-state index in [-0.39, 0.29) is 0 Å². The Balaban J connectivity index is 2.04. The Bertz CT molecular complexity index is 523. The van der Waals surface area contributed by atoms with Crippen LogP contribution in [0.5, 0.6) is 0 Å². The summed E-state index contributed by atoms with van der Waals surface area (Å²) in [7, 11) is 0. The summed E-state index contributed by atoms with van der Waals surface area (Å²) in [6, 6.07) is 2.21. The molecule has 3 nitrogen and oxygen atoms in total. The second kappa shape index (κ2) is 3.58. The fourth-order valence-corrected chi connectivity index (χ4v) is 2.15. The third-order valence-corrected chi connectivity index (χ3v) is 3.29. The van der Waals surface area contributed by atoms with Crippen molar-refractivity contribution in [3.63, 3.8) is 0 Å². The normalized spacial score (nSPS) is 15.9. The number of nitrogens with one attached hydrogen (secondary N) is 1. The van der Waals surface area contributed by atoms with Gasteiger partial charge >= 0.3 is 0 Å². The van der Waals surface area contributed by atoms with Gasteiger partial charge in [0.05, 0.1) is 5.52 Å². The van der Waals surface area contributed by atoms with Crippen molar-refractivity contribution in [2.24, 2.45) is 5.92 Å². The molecule has 1 aliphatic carbocycles. The Morgan fingerprint density at radius 3 is 2.88 bits per heavy atom. The van der Waals surface area contributed by atoms with Crippen LogP contribution in [0.1, 0.15) is 36.8 Å². The number of hydrogen-bond acceptors (Lipinski definition) is 2. The lowest BCUT2D eigenvalue weighted by molar-refractivity contribution is 0.807. The number of fused-ring (bicyclic) bond motifs is 1. The molecule has 0 bridgehead atoms. The van der Waals surface area contributed by atoms with E-state index in [1.54, 1.807) is 0 Å². The fourth-order valence-electron chi connectivity index (χ4n) is 2.15. The summed E-state index contributed by atoms with van der Waals surface area (Å²) in [6.07, 6.45) is 4.82. The molecule has 0 amide bonds. The monoisotopic (exact) mass is 215 g/mol. The van der Waals surface area contributed by atoms with Gasteiger partial charge < -0.3 is 4.98 Å². The maximum absolute atomic E-state index is 4.64. The fraction of sp³-hybridized carbons (Fsp3) is 0.538. The number of nitrogens with zero attached hydrogens (tertiary/aromatic N) is 2. The van der Waals surface area contributed by atoms with Crippen molar-refractivity contribution in [2.75, 3.05) is 0 Å². The molecule has 1 fully saturated rings. The van der Waals surface area contributed by atoms with Crippen molar-refractivity contribution >= 4 is 11.2 Å². The summed E-state index contributed by atoms with van der Waals surface area (Å²) in [5.41, 5.74) is 4.48. The largest absolute Gasteiger partial charge is 0.340 e. The Morgan fingerprint density at radius 1 is 1.38 bits per heavy atom. The van der Waals surface area contributed by atoms with Crippen LogP contribution in [0.25, 0.3) is 11.2 Å². The highest BCUT2D eigenvalue weighted by molar-refractivity contribution is 5.74. The molecule has 1 aliphatic rings. The van der Waals surface area contributed by atoms with Gasteiger partial charge in [-0.15, -0.1) is 0 Å². The van der Waals surface area contributed by atoms with Crippen LogP contribution in [0.15, 0.2) is 6.07 Å². The SMILES string of the molecule is CCc1nc2nc(CC3CC3)cc(C)c2[nH]1. The number of H-pyrrole nitrogens is 1. The van der Waals surface area contributed by atoms with E-state index in [0.29, 0.717) is 0 Å². The second-order valence-electron chi connectivity index (χ2n) is 4.81. The predicted molar refractivity (Wildman–Crippen MR) is 64.4 cm³/mol. The molecule has 1 N–H and O–H groups in total. The molecule has 2 aromatic rings. The standard InChI is InChI=1S/C13H17N3/c1-3-11-15-12-8(2)6-10(7-9-4-5-9)14-13(12)16-11/h6,9H,3-5,7H2,1-2H3,(H,14,15,16). The van der Waals surface area contributed by atoms with Crippen LogP contribution in [0.3, 0.4) is 0 Å². The molecule has 0 aliphatic heterocycles. The van der Waals surface area contributed by atoms with E-state index in [0.717, 1.165) is 35.7 Å². The first-order chi connectivity index (χ1) is 7.76. The van der Waals surface area contributed by atoms with Crippen molar-refractivity contribution in [1.29, 1.82) is 0 Å². The van der Waals surface area contributed by atoms with Crippen LogP contribution in [0.2, 0.25) is 0 Å². The topological polar surface area (TPSA) is 41.6 Å². The molecule has 0 aromatic carbocycles. The maximum atomic E-state index is 4.64. The van der Waals surface area contributed by atoms with Crippen LogP contribution < -0.4 is 0 Å². The number of hydrogen-bond donors (Lipinski definition) is 1. The average Bonchev–Trinajstić information content (AvgIpc) is 2.95. The number of rotatable bonds is 3. The van der Waals surface area contributed by atoms with E-state index in [1.165, 1.54) is 24.1 Å². The lowest BCUT2D eigenvalue weighted by Crippen LogP contribution is -1.94. The van der Waals surface area contributed by atoms with Crippen LogP contribution in [-0.2, 0) is 12.8 Å². The summed E-state index contributed by atoms with van der Waals surface area (Å²) in [6.45, 7) is 4.25. The van der Waals surface area contributed by atoms with Gasteiger partial charge in [0.15, 0.2) is 5.65 Å². The first kappa shape index (κ1) is 9.82. The summed E-state index contributed by atoms with van der Waals surface area (Å²) in [4.78, 5) is 12.5. The first-order valence-corrected chi connectivity index (χ1v) is 6.11. The highest BCUT2D eigenvalue weighted by Gasteiger charge is 2.22. The van der Waals surface area contributed by atoms with Crippen molar-refractivity contribution in [3.05, 3.63) is 23.1 Å². The van der Waals surface area contributed by atoms with E-state index in [4.69, 9.17) is 0 Å². The Labute approximate surface area is 95.3 Å². The molecule has 0 saturated heterocycles. The van der Waals surface area contributed by atoms with E-state index >= 15 is 0 Å². The second-order valence-corrected chi connectivity index (χ2v) is 4.81. The zero-order valence-corrected chi connectivity index (χ0v) is 9.88. The van der Waals surface area contributed by atoms with E-state index in [1.807, 2.05) is 0 Å². The summed E-state index contributed by atoms with van der Waals surface area (Å²) in [5, 5.41) is 0. The number of aromatic nitrogens is 3. The highest BCUT2D eigenvalue weighted by atomic mass is 15.0. The van der Waals surface area contributed by atoms with Crippen molar-refractivity contribution in [2.45, 2.75) is 39.5 Å². The Morgan fingerprint density at radius 2 is 2.19 bits per heavy atom. The Hall–Kier alpha value is -1.38. The molecule has 0 atom stereocenters. The zero-order valence-electron chi connectivity index (χ0n) is 9.88. The van der Waals surface area contributed by atoms with Crippen molar-refractivity contribution in [1.82, 2.24) is 15.0 Å². The van der Waals surface area contributed by atoms with E-state index in [9.17, 15) is 0 Å². The summed E-state index contributed by atoms with van der Waals surface area (Å²) in [5.74, 6) is 1.92. The molecule has 2 aromatic heterocycles. The van der Waals surface area contributed by atoms with Gasteiger partial charge in [-0.05, 0) is 43.7 Å². The van der Waals surface area contributed by atoms with Gasteiger partial charge in [0, 0.05) is 12.1 Å². The van der Waals surface area contributed by atoms with Gasteiger partial charge in [-0.3, -0.25) is 0 Å². The lowest BCUT2D eigenvalue weighted by atomic mass is 10.1. The molecule has 84 valence electrons. The van der Waals surface area contributed by atoms with Crippen LogP contribution in [0, 0.1) is 12.8 Å². The van der Waals surface area contributed by atoms with Crippen molar-refractivity contribution in [3.8, 4) is 0 Å². The molecular formula is C13H17N3. The van der Waals surface area contributed by atoms with E-state index < -0.39 is 0 Å². The number of pyridine rings is 1. The number of imidazole rings is 1. The lowest BCUT2D eigenvalue weighted by Gasteiger charge is -2.01. The van der Waals surface area contributed by atoms with Gasteiger partial charge in [-0.1, -0.05) is 6.92 Å². The highest BCUT2D eigenvalue weighted by Crippen LogP contribution is 2.32. The molecule has 3 heteroatoms. The van der Waals surface area contributed by atoms with Crippen LogP contribution in [-0.4, -0.2) is 15.0 Å². The van der Waals surface area contributed by atoms with Crippen LogP contribution >= 0.6 is 0 Å². The van der Waals surface area contributed by atoms with Crippen LogP contribution in [0.4, 0.5) is 0 Å². The third-order valence-electron chi connectivity index (χ3n) is 3.29. The Kier molecular flexibility index (Phi) is 2.20. The van der Waals surface area contributed by atoms with Gasteiger partial charge in [0.1, 0.15) is 5.82 Å².